The van der Waals surface area contributed by atoms with Gasteiger partial charge in [-0.05, 0) is 55.4 Å². The van der Waals surface area contributed by atoms with Crippen LogP contribution in [0, 0.1) is 0 Å². The number of carbonyl (C=O) groups is 1. The van der Waals surface area contributed by atoms with Crippen molar-refractivity contribution in [2.24, 2.45) is 5.73 Å². The molecule has 0 fully saturated rings. The number of aromatic amines is 1. The molecule has 7 nitrogen and oxygen atoms in total. The molecular weight excluding hydrogens is 475 g/mol. The average molecular weight is 499 g/mol. The van der Waals surface area contributed by atoms with Crippen molar-refractivity contribution in [1.82, 2.24) is 15.3 Å². The van der Waals surface area contributed by atoms with E-state index in [4.69, 9.17) is 38.4 Å². The van der Waals surface area contributed by atoms with Crippen LogP contribution in [-0.2, 0) is 13.2 Å². The van der Waals surface area contributed by atoms with Gasteiger partial charge in [0.15, 0.2) is 11.5 Å². The van der Waals surface area contributed by atoms with Crippen LogP contribution in [0.1, 0.15) is 28.2 Å². The van der Waals surface area contributed by atoms with E-state index in [-0.39, 0.29) is 19.1 Å². The van der Waals surface area contributed by atoms with Crippen LogP contribution in [0.4, 0.5) is 0 Å². The summed E-state index contributed by atoms with van der Waals surface area (Å²) in [5, 5.41) is 3.88. The van der Waals surface area contributed by atoms with Crippen molar-refractivity contribution in [3.63, 3.8) is 0 Å². The van der Waals surface area contributed by atoms with Gasteiger partial charge in [-0.2, -0.15) is 0 Å². The predicted octanol–water partition coefficient (Wildman–Crippen LogP) is 5.11. The summed E-state index contributed by atoms with van der Waals surface area (Å²) in [6.45, 7) is 1.38. The Bertz CT molecular complexity index is 1260. The second-order valence-electron chi connectivity index (χ2n) is 7.57. The number of hydrogen-bond acceptors (Lipinski definition) is 5. The molecule has 4 aromatic rings. The molecule has 1 amide bonds. The van der Waals surface area contributed by atoms with E-state index in [1.807, 2.05) is 24.3 Å². The first-order valence-electron chi connectivity index (χ1n) is 10.8. The summed E-state index contributed by atoms with van der Waals surface area (Å²) < 4.78 is 12.0. The van der Waals surface area contributed by atoms with Crippen LogP contribution in [0.15, 0.2) is 60.7 Å². The van der Waals surface area contributed by atoms with Crippen molar-refractivity contribution in [2.75, 3.05) is 13.1 Å². The van der Waals surface area contributed by atoms with Crippen LogP contribution in [-0.4, -0.2) is 29.0 Å². The molecule has 0 unspecified atom stereocenters. The second kappa shape index (κ2) is 11.2. The van der Waals surface area contributed by atoms with Crippen LogP contribution in [0.3, 0.4) is 0 Å². The molecule has 176 valence electrons. The number of halogens is 2. The van der Waals surface area contributed by atoms with Crippen molar-refractivity contribution in [3.05, 3.63) is 87.7 Å². The SMILES string of the molecule is NCCCNC(=O)c1ccc(OCc2nc3ccccc3[nH]2)c(OCc2ccc(Cl)cc2Cl)c1. The summed E-state index contributed by atoms with van der Waals surface area (Å²) in [4.78, 5) is 20.3. The molecule has 1 heterocycles. The molecule has 0 atom stereocenters. The summed E-state index contributed by atoms with van der Waals surface area (Å²) in [6.07, 6.45) is 0.697. The Labute approximate surface area is 207 Å². The molecule has 4 N–H and O–H groups in total. The smallest absolute Gasteiger partial charge is 0.251 e. The quantitative estimate of drug-likeness (QED) is 0.263. The molecule has 0 aliphatic carbocycles. The van der Waals surface area contributed by atoms with Crippen LogP contribution >= 0.6 is 23.2 Å². The van der Waals surface area contributed by atoms with Crippen molar-refractivity contribution in [2.45, 2.75) is 19.6 Å². The van der Waals surface area contributed by atoms with E-state index in [0.717, 1.165) is 16.6 Å². The van der Waals surface area contributed by atoms with E-state index in [1.165, 1.54) is 0 Å². The van der Waals surface area contributed by atoms with Gasteiger partial charge in [0.25, 0.3) is 5.91 Å². The first kappa shape index (κ1) is 23.9. The lowest BCUT2D eigenvalue weighted by molar-refractivity contribution is 0.0953. The van der Waals surface area contributed by atoms with Gasteiger partial charge in [-0.15, -0.1) is 0 Å². The Morgan fingerprint density at radius 3 is 2.62 bits per heavy atom. The Hall–Kier alpha value is -3.26. The number of aromatic nitrogens is 2. The van der Waals surface area contributed by atoms with Crippen molar-refractivity contribution < 1.29 is 14.3 Å². The Balaban J connectivity index is 1.53. The zero-order valence-corrected chi connectivity index (χ0v) is 19.8. The number of nitrogens with two attached hydrogens (primary N) is 1. The maximum Gasteiger partial charge on any atom is 0.251 e. The number of hydrogen-bond donors (Lipinski definition) is 3. The van der Waals surface area contributed by atoms with Gasteiger partial charge in [0.1, 0.15) is 19.0 Å². The number of amides is 1. The van der Waals surface area contributed by atoms with E-state index < -0.39 is 0 Å². The van der Waals surface area contributed by atoms with Crippen molar-refractivity contribution in [1.29, 1.82) is 0 Å². The normalized spacial score (nSPS) is 10.9. The number of benzene rings is 3. The monoisotopic (exact) mass is 498 g/mol. The maximum absolute atomic E-state index is 12.5. The second-order valence-corrected chi connectivity index (χ2v) is 8.42. The fourth-order valence-corrected chi connectivity index (χ4v) is 3.76. The molecule has 9 heteroatoms. The summed E-state index contributed by atoms with van der Waals surface area (Å²) in [6, 6.07) is 18.0. The van der Waals surface area contributed by atoms with E-state index in [9.17, 15) is 4.79 Å². The van der Waals surface area contributed by atoms with Gasteiger partial charge >= 0.3 is 0 Å². The first-order valence-corrected chi connectivity index (χ1v) is 11.5. The molecular formula is C25H24Cl2N4O3. The van der Waals surface area contributed by atoms with Crippen LogP contribution in [0.5, 0.6) is 11.5 Å². The topological polar surface area (TPSA) is 102 Å². The zero-order valence-electron chi connectivity index (χ0n) is 18.3. The van der Waals surface area contributed by atoms with Gasteiger partial charge in [0.2, 0.25) is 0 Å². The lowest BCUT2D eigenvalue weighted by Gasteiger charge is -2.14. The highest BCUT2D eigenvalue weighted by Crippen LogP contribution is 2.31. The van der Waals surface area contributed by atoms with Gasteiger partial charge in [0.05, 0.1) is 11.0 Å². The number of H-pyrrole nitrogens is 1. The fraction of sp³-hybridized carbons (Fsp3) is 0.200. The largest absolute Gasteiger partial charge is 0.485 e. The number of nitrogens with zero attached hydrogens (tertiary/aromatic N) is 1. The standard InChI is InChI=1S/C25H24Cl2N4O3/c26-18-8-6-17(19(27)13-18)14-33-23-12-16(25(32)29-11-3-10-28)7-9-22(23)34-15-24-30-20-4-1-2-5-21(20)31-24/h1-2,4-9,12-13H,3,10-11,14-15,28H2,(H,29,32)(H,30,31). The minimum absolute atomic E-state index is 0.176. The highest BCUT2D eigenvalue weighted by molar-refractivity contribution is 6.35. The number of para-hydroxylation sites is 2. The molecule has 0 bridgehead atoms. The Morgan fingerprint density at radius 1 is 1.00 bits per heavy atom. The van der Waals surface area contributed by atoms with Gasteiger partial charge in [-0.1, -0.05) is 41.4 Å². The molecule has 0 aliphatic heterocycles. The number of imidazole rings is 1. The van der Waals surface area contributed by atoms with Gasteiger partial charge in [-0.3, -0.25) is 4.79 Å². The van der Waals surface area contributed by atoms with E-state index in [0.29, 0.717) is 52.4 Å². The third-order valence-corrected chi connectivity index (χ3v) is 5.66. The number of rotatable bonds is 10. The molecule has 0 radical (unpaired) electrons. The minimum atomic E-state index is -0.216. The summed E-state index contributed by atoms with van der Waals surface area (Å²) in [7, 11) is 0. The van der Waals surface area contributed by atoms with Gasteiger partial charge in [-0.25, -0.2) is 4.98 Å². The van der Waals surface area contributed by atoms with Gasteiger partial charge < -0.3 is 25.5 Å². The van der Waals surface area contributed by atoms with Crippen LogP contribution in [0.2, 0.25) is 10.0 Å². The number of fused-ring (bicyclic) bond motifs is 1. The summed E-state index contributed by atoms with van der Waals surface area (Å²) in [5.41, 5.74) is 8.50. The molecule has 4 rings (SSSR count). The Morgan fingerprint density at radius 2 is 1.82 bits per heavy atom. The highest BCUT2D eigenvalue weighted by Gasteiger charge is 2.14. The number of carbonyl (C=O) groups excluding carboxylic acids is 1. The maximum atomic E-state index is 12.5. The molecule has 3 aromatic carbocycles. The van der Waals surface area contributed by atoms with Crippen LogP contribution in [0.25, 0.3) is 11.0 Å². The predicted molar refractivity (Wildman–Crippen MR) is 134 cm³/mol. The number of ether oxygens (including phenoxy) is 2. The third kappa shape index (κ3) is 5.99. The van der Waals surface area contributed by atoms with Crippen molar-refractivity contribution in [3.8, 4) is 11.5 Å². The molecule has 0 saturated heterocycles. The molecule has 0 spiro atoms. The molecule has 34 heavy (non-hydrogen) atoms. The van der Waals surface area contributed by atoms with Crippen molar-refractivity contribution >= 4 is 40.1 Å². The Kier molecular flexibility index (Phi) is 7.90. The minimum Gasteiger partial charge on any atom is -0.485 e. The fourth-order valence-electron chi connectivity index (χ4n) is 3.30. The zero-order chi connectivity index (χ0) is 23.9. The molecule has 0 saturated carbocycles. The van der Waals surface area contributed by atoms with E-state index in [2.05, 4.69) is 15.3 Å². The lowest BCUT2D eigenvalue weighted by atomic mass is 10.2. The number of nitrogens with one attached hydrogen (secondary N) is 2. The molecule has 0 aliphatic rings. The lowest BCUT2D eigenvalue weighted by Crippen LogP contribution is -2.25. The summed E-state index contributed by atoms with van der Waals surface area (Å²) >= 11 is 12.3. The van der Waals surface area contributed by atoms with E-state index >= 15 is 0 Å². The van der Waals surface area contributed by atoms with Gasteiger partial charge in [0, 0.05) is 27.7 Å². The van der Waals surface area contributed by atoms with Crippen LogP contribution < -0.4 is 20.5 Å². The average Bonchev–Trinajstić information content (AvgIpc) is 3.25. The first-order chi connectivity index (χ1) is 16.5. The summed E-state index contributed by atoms with van der Waals surface area (Å²) in [5.74, 6) is 1.35. The molecule has 1 aromatic heterocycles. The van der Waals surface area contributed by atoms with E-state index in [1.54, 1.807) is 36.4 Å². The highest BCUT2D eigenvalue weighted by atomic mass is 35.5. The third-order valence-electron chi connectivity index (χ3n) is 5.07.